The Bertz CT molecular complexity index is 901. The van der Waals surface area contributed by atoms with Crippen LogP contribution < -0.4 is 5.32 Å². The van der Waals surface area contributed by atoms with Crippen molar-refractivity contribution in [3.63, 3.8) is 0 Å². The Morgan fingerprint density at radius 3 is 2.38 bits per heavy atom. The van der Waals surface area contributed by atoms with E-state index in [0.717, 1.165) is 5.69 Å². The van der Waals surface area contributed by atoms with Crippen LogP contribution >= 0.6 is 11.6 Å². The van der Waals surface area contributed by atoms with Crippen molar-refractivity contribution in [2.75, 3.05) is 18.4 Å². The SMILES string of the molecule is Cc1cc(NC(=O)C2CCN(S(=O)(=O)c3ccc(Cl)cc3)CC2)n(C)n1. The van der Waals surface area contributed by atoms with Crippen molar-refractivity contribution in [1.82, 2.24) is 14.1 Å². The first-order valence-electron chi connectivity index (χ1n) is 8.34. The van der Waals surface area contributed by atoms with E-state index < -0.39 is 10.0 Å². The summed E-state index contributed by atoms with van der Waals surface area (Å²) < 4.78 is 28.4. The molecular formula is C17H21ClN4O3S. The molecule has 1 aliphatic rings. The van der Waals surface area contributed by atoms with Gasteiger partial charge in [0.15, 0.2) is 0 Å². The van der Waals surface area contributed by atoms with Crippen LogP contribution in [-0.2, 0) is 21.9 Å². The molecule has 1 aliphatic heterocycles. The van der Waals surface area contributed by atoms with E-state index in [2.05, 4.69) is 10.4 Å². The maximum atomic E-state index is 12.7. The average molecular weight is 397 g/mol. The number of hydrogen-bond donors (Lipinski definition) is 1. The van der Waals surface area contributed by atoms with Gasteiger partial charge in [0.2, 0.25) is 15.9 Å². The van der Waals surface area contributed by atoms with Crippen LogP contribution in [0.2, 0.25) is 5.02 Å². The quantitative estimate of drug-likeness (QED) is 0.860. The van der Waals surface area contributed by atoms with Crippen LogP contribution in [0.4, 0.5) is 5.82 Å². The standard InChI is InChI=1S/C17H21ClN4O3S/c1-12-11-16(21(2)20-12)19-17(23)13-7-9-22(10-8-13)26(24,25)15-5-3-14(18)4-6-15/h3-6,11,13H,7-10H2,1-2H3,(H,19,23). The van der Waals surface area contributed by atoms with E-state index >= 15 is 0 Å². The maximum absolute atomic E-state index is 12.7. The highest BCUT2D eigenvalue weighted by atomic mass is 35.5. The molecule has 1 fully saturated rings. The Labute approximate surface area is 158 Å². The van der Waals surface area contributed by atoms with E-state index in [1.165, 1.54) is 16.4 Å². The molecule has 3 rings (SSSR count). The first-order valence-corrected chi connectivity index (χ1v) is 10.2. The molecule has 1 amide bonds. The number of nitrogens with one attached hydrogen (secondary N) is 1. The maximum Gasteiger partial charge on any atom is 0.243 e. The number of aryl methyl sites for hydroxylation is 2. The van der Waals surface area contributed by atoms with E-state index in [9.17, 15) is 13.2 Å². The van der Waals surface area contributed by atoms with Gasteiger partial charge in [-0.3, -0.25) is 9.48 Å². The average Bonchev–Trinajstić information content (AvgIpc) is 2.92. The third-order valence-corrected chi connectivity index (χ3v) is 6.69. The zero-order valence-electron chi connectivity index (χ0n) is 14.6. The summed E-state index contributed by atoms with van der Waals surface area (Å²) in [6.45, 7) is 2.48. The molecule has 0 bridgehead atoms. The second-order valence-electron chi connectivity index (χ2n) is 6.42. The molecule has 7 nitrogen and oxygen atoms in total. The smallest absolute Gasteiger partial charge is 0.243 e. The first kappa shape index (κ1) is 18.9. The molecule has 140 valence electrons. The van der Waals surface area contributed by atoms with Gasteiger partial charge in [0.05, 0.1) is 10.6 Å². The van der Waals surface area contributed by atoms with Gasteiger partial charge in [-0.15, -0.1) is 0 Å². The second kappa shape index (κ2) is 7.38. The number of amides is 1. The molecule has 0 aliphatic carbocycles. The molecule has 26 heavy (non-hydrogen) atoms. The molecule has 0 radical (unpaired) electrons. The van der Waals surface area contributed by atoms with E-state index in [1.54, 1.807) is 29.9 Å². The van der Waals surface area contributed by atoms with Gasteiger partial charge in [0.25, 0.3) is 0 Å². The van der Waals surface area contributed by atoms with Crippen LogP contribution in [0.1, 0.15) is 18.5 Å². The van der Waals surface area contributed by atoms with Gasteiger partial charge in [-0.2, -0.15) is 9.40 Å². The van der Waals surface area contributed by atoms with Crippen LogP contribution in [0.3, 0.4) is 0 Å². The number of nitrogens with zero attached hydrogens (tertiary/aromatic N) is 3. The topological polar surface area (TPSA) is 84.3 Å². The van der Waals surface area contributed by atoms with Crippen molar-refractivity contribution in [2.45, 2.75) is 24.7 Å². The molecule has 1 N–H and O–H groups in total. The van der Waals surface area contributed by atoms with Crippen molar-refractivity contribution in [3.8, 4) is 0 Å². The molecule has 0 atom stereocenters. The van der Waals surface area contributed by atoms with Crippen LogP contribution in [0.15, 0.2) is 35.2 Å². The predicted octanol–water partition coefficient (Wildman–Crippen LogP) is 2.42. The molecule has 1 saturated heterocycles. The minimum Gasteiger partial charge on any atom is -0.311 e. The number of carbonyl (C=O) groups excluding carboxylic acids is 1. The number of rotatable bonds is 4. The highest BCUT2D eigenvalue weighted by molar-refractivity contribution is 7.89. The molecule has 9 heteroatoms. The number of anilines is 1. The Balaban J connectivity index is 1.62. The number of benzene rings is 1. The predicted molar refractivity (Wildman–Crippen MR) is 99.5 cm³/mol. The lowest BCUT2D eigenvalue weighted by Crippen LogP contribution is -2.41. The lowest BCUT2D eigenvalue weighted by atomic mass is 9.97. The van der Waals surface area contributed by atoms with Gasteiger partial charge < -0.3 is 5.32 Å². The normalized spacial score (nSPS) is 16.6. The number of hydrogen-bond acceptors (Lipinski definition) is 4. The minimum absolute atomic E-state index is 0.100. The zero-order valence-corrected chi connectivity index (χ0v) is 16.2. The van der Waals surface area contributed by atoms with Crippen molar-refractivity contribution in [2.24, 2.45) is 13.0 Å². The summed E-state index contributed by atoms with van der Waals surface area (Å²) in [6, 6.07) is 7.93. The summed E-state index contributed by atoms with van der Waals surface area (Å²) in [7, 11) is -1.79. The zero-order chi connectivity index (χ0) is 18.9. The highest BCUT2D eigenvalue weighted by Gasteiger charge is 2.32. The van der Waals surface area contributed by atoms with Crippen molar-refractivity contribution in [3.05, 3.63) is 41.0 Å². The van der Waals surface area contributed by atoms with Crippen LogP contribution in [0.5, 0.6) is 0 Å². The van der Waals surface area contributed by atoms with Crippen LogP contribution in [0, 0.1) is 12.8 Å². The fourth-order valence-corrected chi connectivity index (χ4v) is 4.67. The summed E-state index contributed by atoms with van der Waals surface area (Å²) in [6.07, 6.45) is 0.963. The second-order valence-corrected chi connectivity index (χ2v) is 8.79. The summed E-state index contributed by atoms with van der Waals surface area (Å²) >= 11 is 5.82. The van der Waals surface area contributed by atoms with Crippen molar-refractivity contribution >= 4 is 33.3 Å². The summed E-state index contributed by atoms with van der Waals surface area (Å²) in [5.41, 5.74) is 0.826. The minimum atomic E-state index is -3.56. The number of halogens is 1. The molecular weight excluding hydrogens is 376 g/mol. The Morgan fingerprint density at radius 2 is 1.85 bits per heavy atom. The number of aromatic nitrogens is 2. The number of carbonyl (C=O) groups is 1. The van der Waals surface area contributed by atoms with E-state index in [1.807, 2.05) is 6.92 Å². The molecule has 0 spiro atoms. The van der Waals surface area contributed by atoms with Crippen LogP contribution in [0.25, 0.3) is 0 Å². The van der Waals surface area contributed by atoms with E-state index in [4.69, 9.17) is 11.6 Å². The van der Waals surface area contributed by atoms with Gasteiger partial charge in [-0.05, 0) is 44.0 Å². The monoisotopic (exact) mass is 396 g/mol. The number of piperidine rings is 1. The lowest BCUT2D eigenvalue weighted by Gasteiger charge is -2.30. The first-order chi connectivity index (χ1) is 12.3. The molecule has 0 saturated carbocycles. The molecule has 0 unspecified atom stereocenters. The summed E-state index contributed by atoms with van der Waals surface area (Å²) in [5.74, 6) is 0.321. The lowest BCUT2D eigenvalue weighted by molar-refractivity contribution is -0.121. The van der Waals surface area contributed by atoms with Gasteiger partial charge in [0, 0.05) is 37.1 Å². The van der Waals surface area contributed by atoms with Crippen LogP contribution in [-0.4, -0.2) is 41.5 Å². The van der Waals surface area contributed by atoms with Gasteiger partial charge in [-0.1, -0.05) is 11.6 Å². The van der Waals surface area contributed by atoms with Crippen molar-refractivity contribution < 1.29 is 13.2 Å². The highest BCUT2D eigenvalue weighted by Crippen LogP contribution is 2.25. The largest absolute Gasteiger partial charge is 0.311 e. The molecule has 1 aromatic heterocycles. The van der Waals surface area contributed by atoms with Crippen molar-refractivity contribution in [1.29, 1.82) is 0 Å². The van der Waals surface area contributed by atoms with E-state index in [0.29, 0.717) is 36.8 Å². The Hall–Kier alpha value is -1.90. The fourth-order valence-electron chi connectivity index (χ4n) is 3.07. The molecule has 2 heterocycles. The van der Waals surface area contributed by atoms with E-state index in [-0.39, 0.29) is 16.7 Å². The molecule has 1 aromatic carbocycles. The third kappa shape index (κ3) is 3.92. The van der Waals surface area contributed by atoms with Gasteiger partial charge in [0.1, 0.15) is 5.82 Å². The number of sulfonamides is 1. The Morgan fingerprint density at radius 1 is 1.23 bits per heavy atom. The van der Waals surface area contributed by atoms with Gasteiger partial charge in [-0.25, -0.2) is 8.42 Å². The summed E-state index contributed by atoms with van der Waals surface area (Å²) in [4.78, 5) is 12.7. The Kier molecular flexibility index (Phi) is 5.36. The fraction of sp³-hybridized carbons (Fsp3) is 0.412. The van der Waals surface area contributed by atoms with Gasteiger partial charge >= 0.3 is 0 Å². The molecule has 2 aromatic rings. The third-order valence-electron chi connectivity index (χ3n) is 4.53. The summed E-state index contributed by atoms with van der Waals surface area (Å²) in [5, 5.41) is 7.56.